The predicted octanol–water partition coefficient (Wildman–Crippen LogP) is 2.55. The van der Waals surface area contributed by atoms with Gasteiger partial charge in [-0.25, -0.2) is 24.6 Å². The number of benzene rings is 1. The quantitative estimate of drug-likeness (QED) is 0.461. The van der Waals surface area contributed by atoms with Crippen LogP contribution in [0.3, 0.4) is 0 Å². The molecule has 5 nitrogen and oxygen atoms in total. The van der Waals surface area contributed by atoms with Crippen LogP contribution in [0.5, 0.6) is 0 Å². The molecule has 2 rings (SSSR count). The van der Waals surface area contributed by atoms with E-state index in [1.54, 1.807) is 0 Å². The van der Waals surface area contributed by atoms with E-state index in [0.717, 1.165) is 12.1 Å². The van der Waals surface area contributed by atoms with Crippen LogP contribution in [-0.2, 0) is 0 Å². The molecule has 0 radical (unpaired) electrons. The minimum absolute atomic E-state index is 0.0302. The number of nitrogen functional groups attached to an aromatic ring is 1. The lowest BCUT2D eigenvalue weighted by molar-refractivity contribution is 0.597. The molecule has 1 aromatic carbocycles. The Morgan fingerprint density at radius 1 is 1.06 bits per heavy atom. The van der Waals surface area contributed by atoms with Gasteiger partial charge < -0.3 is 10.7 Å². The minimum atomic E-state index is -0.607. The number of nitrogens with zero attached hydrogens (tertiary/aromatic N) is 2. The van der Waals surface area contributed by atoms with Gasteiger partial charge in [0.05, 0.1) is 10.2 Å². The zero-order valence-corrected chi connectivity index (χ0v) is 10.5. The van der Waals surface area contributed by atoms with Crippen molar-refractivity contribution in [2.45, 2.75) is 0 Å². The molecule has 0 saturated carbocycles. The van der Waals surface area contributed by atoms with Gasteiger partial charge in [0.2, 0.25) is 0 Å². The molecule has 4 N–H and O–H groups in total. The van der Waals surface area contributed by atoms with Gasteiger partial charge in [-0.3, -0.25) is 0 Å². The zero-order chi connectivity index (χ0) is 13.1. The summed E-state index contributed by atoms with van der Waals surface area (Å²) < 4.78 is 26.9. The standard InChI is InChI=1S/C10H8BrF2N5/c11-5-1-7(13)8(2-6(5)12)17-9-3-10(18-14)16-4-15-9/h1-4H,14H2,(H2,15,16,17,18). The summed E-state index contributed by atoms with van der Waals surface area (Å²) in [6.07, 6.45) is 1.24. The summed E-state index contributed by atoms with van der Waals surface area (Å²) in [5, 5.41) is 2.63. The number of hydrazine groups is 1. The van der Waals surface area contributed by atoms with E-state index in [1.165, 1.54) is 12.4 Å². The largest absolute Gasteiger partial charge is 0.338 e. The van der Waals surface area contributed by atoms with Gasteiger partial charge in [0.15, 0.2) is 0 Å². The summed E-state index contributed by atoms with van der Waals surface area (Å²) in [5.41, 5.74) is 2.29. The highest BCUT2D eigenvalue weighted by atomic mass is 79.9. The van der Waals surface area contributed by atoms with E-state index in [0.29, 0.717) is 11.6 Å². The van der Waals surface area contributed by atoms with Crippen LogP contribution in [0.2, 0.25) is 0 Å². The Morgan fingerprint density at radius 3 is 2.50 bits per heavy atom. The highest BCUT2D eigenvalue weighted by molar-refractivity contribution is 9.10. The lowest BCUT2D eigenvalue weighted by Gasteiger charge is -2.08. The van der Waals surface area contributed by atoms with Crippen LogP contribution in [0.4, 0.5) is 26.1 Å². The van der Waals surface area contributed by atoms with Crippen molar-refractivity contribution >= 4 is 33.3 Å². The first-order chi connectivity index (χ1) is 8.60. The molecular weight excluding hydrogens is 308 g/mol. The Kier molecular flexibility index (Phi) is 3.68. The van der Waals surface area contributed by atoms with Crippen molar-refractivity contribution < 1.29 is 8.78 Å². The maximum atomic E-state index is 13.6. The van der Waals surface area contributed by atoms with E-state index < -0.39 is 11.6 Å². The molecule has 0 atom stereocenters. The number of hydrogen-bond donors (Lipinski definition) is 3. The SMILES string of the molecule is NNc1cc(Nc2cc(F)c(Br)cc2F)ncn1. The molecule has 94 valence electrons. The van der Waals surface area contributed by atoms with Crippen molar-refractivity contribution in [2.24, 2.45) is 5.84 Å². The van der Waals surface area contributed by atoms with E-state index >= 15 is 0 Å². The molecule has 18 heavy (non-hydrogen) atoms. The van der Waals surface area contributed by atoms with Crippen molar-refractivity contribution in [2.75, 3.05) is 10.7 Å². The molecule has 0 aliphatic rings. The number of aromatic nitrogens is 2. The lowest BCUT2D eigenvalue weighted by Crippen LogP contribution is -2.09. The first kappa shape index (κ1) is 12.7. The molecular formula is C10H8BrF2N5. The maximum absolute atomic E-state index is 13.6. The van der Waals surface area contributed by atoms with Crippen molar-refractivity contribution in [1.29, 1.82) is 0 Å². The predicted molar refractivity (Wildman–Crippen MR) is 67.2 cm³/mol. The third-order valence-electron chi connectivity index (χ3n) is 2.09. The molecule has 2 aromatic rings. The fourth-order valence-corrected chi connectivity index (χ4v) is 1.58. The minimum Gasteiger partial charge on any atom is -0.338 e. The highest BCUT2D eigenvalue weighted by Gasteiger charge is 2.09. The van der Waals surface area contributed by atoms with Gasteiger partial charge in [-0.05, 0) is 22.0 Å². The Bertz CT molecular complexity index is 578. The van der Waals surface area contributed by atoms with Gasteiger partial charge in [0.25, 0.3) is 0 Å². The molecule has 0 aliphatic carbocycles. The second-order valence-electron chi connectivity index (χ2n) is 3.30. The molecule has 8 heteroatoms. The van der Waals surface area contributed by atoms with Crippen LogP contribution >= 0.6 is 15.9 Å². The molecule has 1 aromatic heterocycles. The molecule has 0 spiro atoms. The average molecular weight is 316 g/mol. The van der Waals surface area contributed by atoms with E-state index in [9.17, 15) is 8.78 Å². The molecule has 1 heterocycles. The highest BCUT2D eigenvalue weighted by Crippen LogP contribution is 2.25. The monoisotopic (exact) mass is 315 g/mol. The smallest absolute Gasteiger partial charge is 0.148 e. The molecule has 0 saturated heterocycles. The topological polar surface area (TPSA) is 75.9 Å². The fraction of sp³-hybridized carbons (Fsp3) is 0. The summed E-state index contributed by atoms with van der Waals surface area (Å²) in [6.45, 7) is 0. The Labute approximate surface area is 110 Å². The van der Waals surface area contributed by atoms with Gasteiger partial charge in [0.1, 0.15) is 29.6 Å². The maximum Gasteiger partial charge on any atom is 0.148 e. The van der Waals surface area contributed by atoms with Gasteiger partial charge in [-0.2, -0.15) is 0 Å². The zero-order valence-electron chi connectivity index (χ0n) is 8.92. The van der Waals surface area contributed by atoms with Crippen molar-refractivity contribution in [1.82, 2.24) is 9.97 Å². The number of hydrogen-bond acceptors (Lipinski definition) is 5. The fourth-order valence-electron chi connectivity index (χ4n) is 1.26. The third-order valence-corrected chi connectivity index (χ3v) is 2.70. The Morgan fingerprint density at radius 2 is 1.78 bits per heavy atom. The lowest BCUT2D eigenvalue weighted by atomic mass is 10.3. The van der Waals surface area contributed by atoms with Crippen LogP contribution in [-0.4, -0.2) is 9.97 Å². The van der Waals surface area contributed by atoms with E-state index in [-0.39, 0.29) is 10.2 Å². The summed E-state index contributed by atoms with van der Waals surface area (Å²) in [5.74, 6) is 4.63. The van der Waals surface area contributed by atoms with E-state index in [1.807, 2.05) is 0 Å². The summed E-state index contributed by atoms with van der Waals surface area (Å²) >= 11 is 2.89. The molecule has 0 unspecified atom stereocenters. The second kappa shape index (κ2) is 5.23. The molecule has 0 amide bonds. The van der Waals surface area contributed by atoms with Gasteiger partial charge in [0, 0.05) is 12.1 Å². The van der Waals surface area contributed by atoms with Crippen molar-refractivity contribution in [3.8, 4) is 0 Å². The van der Waals surface area contributed by atoms with Crippen LogP contribution in [0.15, 0.2) is 29.0 Å². The third kappa shape index (κ3) is 2.71. The van der Waals surface area contributed by atoms with Crippen molar-refractivity contribution in [3.63, 3.8) is 0 Å². The van der Waals surface area contributed by atoms with Gasteiger partial charge in [-0.1, -0.05) is 0 Å². The number of nitrogens with two attached hydrogens (primary N) is 1. The number of halogens is 3. The summed E-state index contributed by atoms with van der Waals surface area (Å²) in [7, 11) is 0. The van der Waals surface area contributed by atoms with Crippen LogP contribution < -0.4 is 16.6 Å². The average Bonchev–Trinajstić information content (AvgIpc) is 2.36. The Balaban J connectivity index is 2.30. The van der Waals surface area contributed by atoms with Crippen LogP contribution in [0, 0.1) is 11.6 Å². The summed E-state index contributed by atoms with van der Waals surface area (Å²) in [4.78, 5) is 7.65. The number of rotatable bonds is 3. The first-order valence-corrected chi connectivity index (χ1v) is 5.59. The second-order valence-corrected chi connectivity index (χ2v) is 4.16. The van der Waals surface area contributed by atoms with E-state index in [4.69, 9.17) is 5.84 Å². The van der Waals surface area contributed by atoms with E-state index in [2.05, 4.69) is 36.6 Å². The Hall–Kier alpha value is -1.80. The van der Waals surface area contributed by atoms with Gasteiger partial charge in [-0.15, -0.1) is 0 Å². The van der Waals surface area contributed by atoms with Crippen molar-refractivity contribution in [3.05, 3.63) is 40.6 Å². The first-order valence-electron chi connectivity index (χ1n) is 4.80. The molecule has 0 fully saturated rings. The molecule has 0 bridgehead atoms. The van der Waals surface area contributed by atoms with Crippen LogP contribution in [0.25, 0.3) is 0 Å². The van der Waals surface area contributed by atoms with Gasteiger partial charge >= 0.3 is 0 Å². The number of nitrogens with one attached hydrogen (secondary N) is 2. The normalized spacial score (nSPS) is 10.2. The summed E-state index contributed by atoms with van der Waals surface area (Å²) in [6, 6.07) is 3.51. The van der Waals surface area contributed by atoms with Crippen LogP contribution in [0.1, 0.15) is 0 Å². The number of anilines is 3. The molecule has 0 aliphatic heterocycles.